The Balaban J connectivity index is 0. The van der Waals surface area contributed by atoms with Gasteiger partial charge in [-0.3, -0.25) is 0 Å². The van der Waals surface area contributed by atoms with Crippen molar-refractivity contribution in [1.82, 2.24) is 0 Å². The third-order valence-corrected chi connectivity index (χ3v) is 0. The summed E-state index contributed by atoms with van der Waals surface area (Å²) >= 11 is 0. The molecule has 0 bridgehead atoms. The second-order valence-corrected chi connectivity index (χ2v) is 0. The summed E-state index contributed by atoms with van der Waals surface area (Å²) in [5, 5.41) is 0. The maximum atomic E-state index is 0. The number of hydrogen-bond donors (Lipinski definition) is 0. The van der Waals surface area contributed by atoms with Gasteiger partial charge in [-0.15, -0.1) is 0 Å². The molecule has 0 aliphatic carbocycles. The maximum Gasteiger partial charge on any atom is 0 e. The Morgan fingerprint density at radius 1 is 0.286 bits per heavy atom. The first-order valence-electron chi connectivity index (χ1n) is 0. The van der Waals surface area contributed by atoms with Gasteiger partial charge in [-0.2, -0.15) is 0 Å². The molecule has 0 radical (unpaired) electrons. The van der Waals surface area contributed by atoms with Crippen LogP contribution in [0.25, 0.3) is 0 Å². The van der Waals surface area contributed by atoms with E-state index in [2.05, 4.69) is 0 Å². The van der Waals surface area contributed by atoms with E-state index in [1.54, 1.807) is 0 Å². The van der Waals surface area contributed by atoms with Gasteiger partial charge < -0.3 is 0 Å². The Morgan fingerprint density at radius 2 is 0.286 bits per heavy atom. The van der Waals surface area contributed by atoms with Crippen LogP contribution in [-0.2, 0) is 131 Å². The van der Waals surface area contributed by atoms with Crippen LogP contribution in [0, 0.1) is 0 Å². The Bertz CT molecular complexity index is 6.90. The minimum atomic E-state index is 0. The van der Waals surface area contributed by atoms with Gasteiger partial charge in [0, 0.05) is 131 Å². The molecule has 52 valence electrons. The largest absolute Gasteiger partial charge is 0 e. The van der Waals surface area contributed by atoms with Crippen molar-refractivity contribution in [1.29, 1.82) is 0 Å². The molecule has 0 aromatic carbocycles. The zero-order valence-electron chi connectivity index (χ0n) is 2.76. The van der Waals surface area contributed by atoms with Crippen molar-refractivity contribution in [3.05, 3.63) is 0 Å². The molecule has 0 fully saturated rings. The molecule has 0 N–H and O–H groups in total. The Hall–Kier alpha value is 4.12. The monoisotopic (exact) mass is 376 g/mol. The predicted molar refractivity (Wildman–Crippen MR) is 0 cm³/mol. The standard InChI is InChI=1S/4Ni.3Ti. The molecule has 0 aliphatic heterocycles. The molecular weight excluding hydrogens is 378 g/mol. The summed E-state index contributed by atoms with van der Waals surface area (Å²) in [4.78, 5) is 0. The smallest absolute Gasteiger partial charge is 0 e. The van der Waals surface area contributed by atoms with E-state index < -0.39 is 0 Å². The van der Waals surface area contributed by atoms with Crippen LogP contribution in [0.1, 0.15) is 0 Å². The molecule has 0 amide bonds. The van der Waals surface area contributed by atoms with Crippen molar-refractivity contribution in [3.63, 3.8) is 0 Å². The zero-order valence-corrected chi connectivity index (χ0v) is 11.4. The average molecular weight is 378 g/mol. The molecule has 0 atom stereocenters. The fraction of sp³-hybridized carbons (Fsp3) is 0. The maximum absolute atomic E-state index is 0. The van der Waals surface area contributed by atoms with Crippen molar-refractivity contribution >= 4 is 0 Å². The predicted octanol–water partition coefficient (Wildman–Crippen LogP) is -0.0175. The minimum Gasteiger partial charge on any atom is 0 e. The molecule has 0 aliphatic rings. The second-order valence-electron chi connectivity index (χ2n) is 0. The van der Waals surface area contributed by atoms with Crippen LogP contribution in [0.4, 0.5) is 0 Å². The molecule has 0 nitrogen and oxygen atoms in total. The van der Waals surface area contributed by atoms with E-state index in [9.17, 15) is 0 Å². The first-order valence-corrected chi connectivity index (χ1v) is 0. The normalized spacial score (nSPS) is 0. The molecule has 0 saturated carbocycles. The van der Waals surface area contributed by atoms with Crippen molar-refractivity contribution < 1.29 is 131 Å². The van der Waals surface area contributed by atoms with Gasteiger partial charge in [0.1, 0.15) is 0 Å². The number of hydrogen-bond acceptors (Lipinski definition) is 0. The molecule has 7 heavy (non-hydrogen) atoms. The molecule has 7 heteroatoms. The average Bonchev–Trinajstić information content (AvgIpc) is 0. The van der Waals surface area contributed by atoms with Crippen LogP contribution in [-0.4, -0.2) is 0 Å². The SMILES string of the molecule is [Ni].[Ni].[Ni].[Ni].[Ti].[Ti].[Ti]. The Kier molecular flexibility index (Phi) is 476. The fourth-order valence-electron chi connectivity index (χ4n) is 0. The van der Waals surface area contributed by atoms with Gasteiger partial charge in [-0.25, -0.2) is 0 Å². The van der Waals surface area contributed by atoms with Gasteiger partial charge in [0.15, 0.2) is 0 Å². The van der Waals surface area contributed by atoms with Crippen LogP contribution < -0.4 is 0 Å². The molecule has 0 saturated heterocycles. The van der Waals surface area contributed by atoms with E-state index in [0.29, 0.717) is 0 Å². The molecule has 0 aromatic rings. The van der Waals surface area contributed by atoms with Crippen molar-refractivity contribution in [2.75, 3.05) is 0 Å². The van der Waals surface area contributed by atoms with Gasteiger partial charge in [0.05, 0.1) is 0 Å². The first kappa shape index (κ1) is 67.1. The zero-order chi connectivity index (χ0) is 0. The van der Waals surface area contributed by atoms with Crippen molar-refractivity contribution in [2.24, 2.45) is 0 Å². The summed E-state index contributed by atoms with van der Waals surface area (Å²) in [7, 11) is 0. The van der Waals surface area contributed by atoms with Gasteiger partial charge >= 0.3 is 0 Å². The molecular formula is Ni4Ti3. The second kappa shape index (κ2) is 49.6. The summed E-state index contributed by atoms with van der Waals surface area (Å²) in [6.07, 6.45) is 0. The van der Waals surface area contributed by atoms with Crippen LogP contribution in [0.3, 0.4) is 0 Å². The van der Waals surface area contributed by atoms with E-state index in [-0.39, 0.29) is 131 Å². The first-order chi connectivity index (χ1) is 0. The van der Waals surface area contributed by atoms with Crippen LogP contribution in [0.15, 0.2) is 0 Å². The molecule has 0 rings (SSSR count). The Morgan fingerprint density at radius 3 is 0.286 bits per heavy atom. The fourth-order valence-corrected chi connectivity index (χ4v) is 0. The third-order valence-electron chi connectivity index (χ3n) is 0. The van der Waals surface area contributed by atoms with E-state index in [1.165, 1.54) is 0 Å². The Labute approximate surface area is 129 Å². The number of rotatable bonds is 0. The van der Waals surface area contributed by atoms with Crippen LogP contribution >= 0.6 is 0 Å². The molecule has 0 heterocycles. The van der Waals surface area contributed by atoms with E-state index in [4.69, 9.17) is 0 Å². The summed E-state index contributed by atoms with van der Waals surface area (Å²) < 4.78 is 0. The van der Waals surface area contributed by atoms with Crippen molar-refractivity contribution in [3.8, 4) is 0 Å². The van der Waals surface area contributed by atoms with Gasteiger partial charge in [-0.05, 0) is 0 Å². The quantitative estimate of drug-likeness (QED) is 0.520. The molecule has 0 spiro atoms. The molecule has 0 unspecified atom stereocenters. The van der Waals surface area contributed by atoms with E-state index in [1.807, 2.05) is 0 Å². The van der Waals surface area contributed by atoms with E-state index >= 15 is 0 Å². The van der Waals surface area contributed by atoms with Crippen LogP contribution in [0.5, 0.6) is 0 Å². The third kappa shape index (κ3) is 39.3. The topological polar surface area (TPSA) is 0 Å². The summed E-state index contributed by atoms with van der Waals surface area (Å²) in [6.45, 7) is 0. The minimum absolute atomic E-state index is 0. The van der Waals surface area contributed by atoms with Gasteiger partial charge in [-0.1, -0.05) is 0 Å². The summed E-state index contributed by atoms with van der Waals surface area (Å²) in [6, 6.07) is 0. The van der Waals surface area contributed by atoms with Crippen LogP contribution in [0.2, 0.25) is 0 Å². The summed E-state index contributed by atoms with van der Waals surface area (Å²) in [5.74, 6) is 0. The van der Waals surface area contributed by atoms with Gasteiger partial charge in [0.25, 0.3) is 0 Å². The summed E-state index contributed by atoms with van der Waals surface area (Å²) in [5.41, 5.74) is 0. The van der Waals surface area contributed by atoms with Crippen molar-refractivity contribution in [2.45, 2.75) is 0 Å². The van der Waals surface area contributed by atoms with Gasteiger partial charge in [0.2, 0.25) is 0 Å². The molecule has 0 aromatic heterocycles. The van der Waals surface area contributed by atoms with E-state index in [0.717, 1.165) is 0 Å².